The number of rotatable bonds is 7. The van der Waals surface area contributed by atoms with Gasteiger partial charge in [-0.2, -0.15) is 5.10 Å². The Morgan fingerprint density at radius 2 is 1.85 bits per heavy atom. The van der Waals surface area contributed by atoms with E-state index in [4.69, 9.17) is 4.98 Å². The first-order valence-corrected chi connectivity index (χ1v) is 11.3. The van der Waals surface area contributed by atoms with Crippen molar-refractivity contribution in [3.8, 4) is 22.5 Å². The molecule has 0 saturated heterocycles. The molecule has 0 unspecified atom stereocenters. The SMILES string of the molecule is O=C(NC1CC1)c1ccc(-c2cnc3c(NCc4cn[nH]c4)nc(-c4ccccc4)cn23)cc1. The first kappa shape index (κ1) is 20.2. The molecular weight excluding hydrogens is 426 g/mol. The summed E-state index contributed by atoms with van der Waals surface area (Å²) < 4.78 is 2.05. The molecule has 1 fully saturated rings. The molecule has 8 heteroatoms. The van der Waals surface area contributed by atoms with Crippen molar-refractivity contribution in [3.05, 3.63) is 90.5 Å². The fourth-order valence-electron chi connectivity index (χ4n) is 3.92. The summed E-state index contributed by atoms with van der Waals surface area (Å²) in [6, 6.07) is 18.1. The second-order valence-corrected chi connectivity index (χ2v) is 8.46. The summed E-state index contributed by atoms with van der Waals surface area (Å²) in [5.74, 6) is 0.669. The molecule has 3 N–H and O–H groups in total. The van der Waals surface area contributed by atoms with Gasteiger partial charge in [0.25, 0.3) is 5.91 Å². The summed E-state index contributed by atoms with van der Waals surface area (Å²) in [6.07, 6.45) is 9.62. The number of nitrogens with one attached hydrogen (secondary N) is 3. The minimum Gasteiger partial charge on any atom is -0.363 e. The van der Waals surface area contributed by atoms with Crippen LogP contribution in [-0.2, 0) is 6.54 Å². The molecule has 0 aliphatic heterocycles. The largest absolute Gasteiger partial charge is 0.363 e. The number of carbonyl (C=O) groups excluding carboxylic acids is 1. The van der Waals surface area contributed by atoms with Gasteiger partial charge in [0.15, 0.2) is 11.5 Å². The molecule has 168 valence electrons. The average Bonchev–Trinajstić information content (AvgIpc) is 3.35. The number of hydrogen-bond donors (Lipinski definition) is 3. The smallest absolute Gasteiger partial charge is 0.251 e. The topological polar surface area (TPSA) is 100 Å². The van der Waals surface area contributed by atoms with E-state index in [0.29, 0.717) is 24.0 Å². The number of fused-ring (bicyclic) bond motifs is 1. The normalized spacial score (nSPS) is 13.2. The number of benzene rings is 2. The lowest BCUT2D eigenvalue weighted by atomic mass is 10.1. The van der Waals surface area contributed by atoms with Crippen molar-refractivity contribution in [2.24, 2.45) is 0 Å². The second-order valence-electron chi connectivity index (χ2n) is 8.46. The number of imidazole rings is 1. The maximum atomic E-state index is 12.4. The fraction of sp³-hybridized carbons (Fsp3) is 0.154. The Morgan fingerprint density at radius 3 is 2.59 bits per heavy atom. The molecule has 0 bridgehead atoms. The zero-order chi connectivity index (χ0) is 22.9. The molecule has 8 nitrogen and oxygen atoms in total. The van der Waals surface area contributed by atoms with Crippen molar-refractivity contribution in [2.75, 3.05) is 5.32 Å². The van der Waals surface area contributed by atoms with Gasteiger partial charge in [0.2, 0.25) is 0 Å². The van der Waals surface area contributed by atoms with Crippen molar-refractivity contribution >= 4 is 17.4 Å². The maximum Gasteiger partial charge on any atom is 0.251 e. The highest BCUT2D eigenvalue weighted by Crippen LogP contribution is 2.28. The van der Waals surface area contributed by atoms with Gasteiger partial charge < -0.3 is 10.6 Å². The van der Waals surface area contributed by atoms with Gasteiger partial charge in [-0.15, -0.1) is 0 Å². The monoisotopic (exact) mass is 449 g/mol. The Hall–Kier alpha value is -4.46. The molecule has 1 aliphatic rings. The van der Waals surface area contributed by atoms with Crippen LogP contribution in [0.4, 0.5) is 5.82 Å². The van der Waals surface area contributed by atoms with E-state index in [0.717, 1.165) is 46.6 Å². The lowest BCUT2D eigenvalue weighted by Gasteiger charge is -2.11. The van der Waals surface area contributed by atoms with Crippen molar-refractivity contribution < 1.29 is 4.79 Å². The van der Waals surface area contributed by atoms with Gasteiger partial charge in [-0.05, 0) is 25.0 Å². The molecule has 6 rings (SSSR count). The summed E-state index contributed by atoms with van der Waals surface area (Å²) in [7, 11) is 0. The van der Waals surface area contributed by atoms with Crippen molar-refractivity contribution in [3.63, 3.8) is 0 Å². The summed E-state index contributed by atoms with van der Waals surface area (Å²) in [5, 5.41) is 13.3. The number of aromatic nitrogens is 5. The third-order valence-electron chi connectivity index (χ3n) is 5.93. The highest BCUT2D eigenvalue weighted by molar-refractivity contribution is 5.95. The molecule has 5 aromatic rings. The van der Waals surface area contributed by atoms with Crippen LogP contribution in [-0.4, -0.2) is 36.5 Å². The van der Waals surface area contributed by atoms with Gasteiger partial charge in [-0.25, -0.2) is 9.97 Å². The zero-order valence-corrected chi connectivity index (χ0v) is 18.4. The molecule has 0 radical (unpaired) electrons. The number of carbonyl (C=O) groups is 1. The molecule has 0 atom stereocenters. The standard InChI is InChI=1S/C26H23N7O/c34-26(31-21-10-11-21)20-8-6-19(7-9-20)23-15-28-25-24(27-12-17-13-29-30-14-17)32-22(16-33(23)25)18-4-2-1-3-5-18/h1-9,13-16,21H,10-12H2,(H,27,32)(H,29,30)(H,31,34). The van der Waals surface area contributed by atoms with Crippen LogP contribution in [0.5, 0.6) is 0 Å². The molecule has 3 heterocycles. The van der Waals surface area contributed by atoms with Gasteiger partial charge in [0.1, 0.15) is 0 Å². The minimum atomic E-state index is -0.0199. The number of H-pyrrole nitrogens is 1. The van der Waals surface area contributed by atoms with Crippen molar-refractivity contribution in [1.82, 2.24) is 29.9 Å². The summed E-state index contributed by atoms with van der Waals surface area (Å²) >= 11 is 0. The van der Waals surface area contributed by atoms with Crippen LogP contribution in [0.1, 0.15) is 28.8 Å². The van der Waals surface area contributed by atoms with E-state index in [1.165, 1.54) is 0 Å². The third kappa shape index (κ3) is 4.01. The molecule has 1 saturated carbocycles. The summed E-state index contributed by atoms with van der Waals surface area (Å²) in [6.45, 7) is 0.574. The molecular formula is C26H23N7O. The van der Waals surface area contributed by atoms with Crippen LogP contribution in [0, 0.1) is 0 Å². The average molecular weight is 450 g/mol. The predicted octanol–water partition coefficient (Wildman–Crippen LogP) is 4.29. The number of anilines is 1. The van der Waals surface area contributed by atoms with E-state index >= 15 is 0 Å². The highest BCUT2D eigenvalue weighted by Gasteiger charge is 2.23. The van der Waals surface area contributed by atoms with E-state index in [2.05, 4.69) is 25.8 Å². The van der Waals surface area contributed by atoms with Crippen molar-refractivity contribution in [1.29, 1.82) is 0 Å². The highest BCUT2D eigenvalue weighted by atomic mass is 16.1. The maximum absolute atomic E-state index is 12.4. The van der Waals surface area contributed by atoms with E-state index in [9.17, 15) is 4.79 Å². The van der Waals surface area contributed by atoms with Gasteiger partial charge in [0, 0.05) is 47.2 Å². The van der Waals surface area contributed by atoms with Crippen LogP contribution in [0.25, 0.3) is 28.2 Å². The fourth-order valence-corrected chi connectivity index (χ4v) is 3.92. The van der Waals surface area contributed by atoms with Crippen LogP contribution >= 0.6 is 0 Å². The summed E-state index contributed by atoms with van der Waals surface area (Å²) in [4.78, 5) is 21.9. The van der Waals surface area contributed by atoms with Gasteiger partial charge in [0.05, 0.1) is 23.8 Å². The van der Waals surface area contributed by atoms with Crippen LogP contribution in [0.2, 0.25) is 0 Å². The molecule has 1 aliphatic carbocycles. The van der Waals surface area contributed by atoms with E-state index < -0.39 is 0 Å². The third-order valence-corrected chi connectivity index (χ3v) is 5.93. The van der Waals surface area contributed by atoms with Gasteiger partial charge >= 0.3 is 0 Å². The molecule has 34 heavy (non-hydrogen) atoms. The lowest BCUT2D eigenvalue weighted by Crippen LogP contribution is -2.25. The summed E-state index contributed by atoms with van der Waals surface area (Å²) in [5.41, 5.74) is 6.17. The van der Waals surface area contributed by atoms with Crippen molar-refractivity contribution in [2.45, 2.75) is 25.4 Å². The van der Waals surface area contributed by atoms with E-state index in [1.807, 2.05) is 77.6 Å². The van der Waals surface area contributed by atoms with Crippen LogP contribution < -0.4 is 10.6 Å². The Morgan fingerprint density at radius 1 is 1.03 bits per heavy atom. The lowest BCUT2D eigenvalue weighted by molar-refractivity contribution is 0.0951. The molecule has 3 aromatic heterocycles. The first-order valence-electron chi connectivity index (χ1n) is 11.3. The first-order chi connectivity index (χ1) is 16.7. The Kier molecular flexibility index (Phi) is 5.03. The number of hydrogen-bond acceptors (Lipinski definition) is 5. The Bertz CT molecular complexity index is 1440. The minimum absolute atomic E-state index is 0.0199. The van der Waals surface area contributed by atoms with E-state index in [-0.39, 0.29) is 5.91 Å². The Balaban J connectivity index is 1.38. The Labute approximate surface area is 196 Å². The molecule has 1 amide bonds. The van der Waals surface area contributed by atoms with Gasteiger partial charge in [-0.3, -0.25) is 14.3 Å². The quantitative estimate of drug-likeness (QED) is 0.344. The van der Waals surface area contributed by atoms with Crippen LogP contribution in [0.3, 0.4) is 0 Å². The predicted molar refractivity (Wildman–Crippen MR) is 130 cm³/mol. The molecule has 2 aromatic carbocycles. The number of amides is 1. The zero-order valence-electron chi connectivity index (χ0n) is 18.4. The molecule has 0 spiro atoms. The van der Waals surface area contributed by atoms with Crippen LogP contribution in [0.15, 0.2) is 79.4 Å². The number of aromatic amines is 1. The number of nitrogens with zero attached hydrogens (tertiary/aromatic N) is 4. The second kappa shape index (κ2) is 8.47. The van der Waals surface area contributed by atoms with E-state index in [1.54, 1.807) is 6.20 Å². The van der Waals surface area contributed by atoms with Gasteiger partial charge in [-0.1, -0.05) is 42.5 Å².